The molecular weight excluding hydrogens is 166 g/mol. The van der Waals surface area contributed by atoms with E-state index in [1.807, 2.05) is 0 Å². The summed E-state index contributed by atoms with van der Waals surface area (Å²) in [5.41, 5.74) is 0. The summed E-state index contributed by atoms with van der Waals surface area (Å²) in [5.74, 6) is -0.0772. The van der Waals surface area contributed by atoms with Crippen LogP contribution < -0.4 is 5.32 Å². The number of rotatable bonds is 4. The van der Waals surface area contributed by atoms with Crippen molar-refractivity contribution in [2.45, 2.75) is 51.6 Å². The monoisotopic (exact) mass is 185 g/mol. The van der Waals surface area contributed by atoms with Crippen molar-refractivity contribution in [3.63, 3.8) is 0 Å². The van der Waals surface area contributed by atoms with Gasteiger partial charge < -0.3 is 10.4 Å². The van der Waals surface area contributed by atoms with Crippen LogP contribution in [-0.2, 0) is 4.79 Å². The summed E-state index contributed by atoms with van der Waals surface area (Å²) >= 11 is 0. The fraction of sp³-hybridized carbons (Fsp3) is 0.900. The average molecular weight is 185 g/mol. The number of aliphatic carboxylic acids is 1. The molecule has 1 saturated carbocycles. The van der Waals surface area contributed by atoms with Gasteiger partial charge >= 0.3 is 5.97 Å². The molecule has 0 aromatic heterocycles. The zero-order chi connectivity index (χ0) is 9.84. The van der Waals surface area contributed by atoms with E-state index in [-0.39, 0.29) is 0 Å². The number of nitrogens with one attached hydrogen (secondary N) is 1. The molecule has 3 nitrogen and oxygen atoms in total. The molecule has 1 aliphatic rings. The van der Waals surface area contributed by atoms with Crippen LogP contribution in [-0.4, -0.2) is 23.2 Å². The van der Waals surface area contributed by atoms with Crippen molar-refractivity contribution in [1.29, 1.82) is 0 Å². The van der Waals surface area contributed by atoms with Crippen LogP contribution in [0.3, 0.4) is 0 Å². The van der Waals surface area contributed by atoms with Crippen LogP contribution >= 0.6 is 0 Å². The Balaban J connectivity index is 2.30. The van der Waals surface area contributed by atoms with Crippen molar-refractivity contribution in [1.82, 2.24) is 5.32 Å². The largest absolute Gasteiger partial charge is 0.480 e. The van der Waals surface area contributed by atoms with Crippen LogP contribution in [0.5, 0.6) is 0 Å². The molecule has 0 saturated heterocycles. The first-order chi connectivity index (χ1) is 6.11. The Kier molecular flexibility index (Phi) is 3.72. The van der Waals surface area contributed by atoms with Crippen LogP contribution in [0.15, 0.2) is 0 Å². The van der Waals surface area contributed by atoms with Crippen LogP contribution in [0.2, 0.25) is 0 Å². The lowest BCUT2D eigenvalue weighted by molar-refractivity contribution is -0.139. The normalized spacial score (nSPS) is 22.9. The Morgan fingerprint density at radius 1 is 1.38 bits per heavy atom. The van der Waals surface area contributed by atoms with Crippen molar-refractivity contribution in [3.05, 3.63) is 0 Å². The third-order valence-corrected chi connectivity index (χ3v) is 2.99. The maximum Gasteiger partial charge on any atom is 0.320 e. The minimum absolute atomic E-state index is 0.341. The minimum atomic E-state index is -0.759. The Labute approximate surface area is 79.5 Å². The van der Waals surface area contributed by atoms with Gasteiger partial charge in [-0.3, -0.25) is 4.79 Å². The predicted octanol–water partition coefficient (Wildman–Crippen LogP) is 1.63. The van der Waals surface area contributed by atoms with E-state index in [4.69, 9.17) is 5.11 Å². The summed E-state index contributed by atoms with van der Waals surface area (Å²) in [6.45, 7) is 3.79. The van der Waals surface area contributed by atoms with E-state index in [1.165, 1.54) is 25.7 Å². The number of carbonyl (C=O) groups is 1. The topological polar surface area (TPSA) is 49.3 Å². The van der Waals surface area contributed by atoms with E-state index >= 15 is 0 Å². The van der Waals surface area contributed by atoms with Crippen molar-refractivity contribution in [3.8, 4) is 0 Å². The van der Waals surface area contributed by atoms with Gasteiger partial charge in [0.2, 0.25) is 0 Å². The van der Waals surface area contributed by atoms with Crippen LogP contribution in [0.1, 0.15) is 39.5 Å². The summed E-state index contributed by atoms with van der Waals surface area (Å²) in [6, 6.07) is -0.0794. The second-order valence-corrected chi connectivity index (χ2v) is 4.06. The highest BCUT2D eigenvalue weighted by Gasteiger charge is 2.23. The minimum Gasteiger partial charge on any atom is -0.480 e. The second-order valence-electron chi connectivity index (χ2n) is 4.06. The maximum atomic E-state index is 10.6. The number of hydrogen-bond donors (Lipinski definition) is 2. The molecule has 2 atom stereocenters. The molecule has 1 unspecified atom stereocenters. The molecule has 1 aliphatic carbocycles. The van der Waals surface area contributed by atoms with Gasteiger partial charge in [0.15, 0.2) is 0 Å². The van der Waals surface area contributed by atoms with Gasteiger partial charge in [0.1, 0.15) is 6.04 Å². The van der Waals surface area contributed by atoms with E-state index in [2.05, 4.69) is 12.2 Å². The van der Waals surface area contributed by atoms with Gasteiger partial charge in [-0.25, -0.2) is 0 Å². The molecular formula is C10H19NO2. The van der Waals surface area contributed by atoms with E-state index in [0.717, 1.165) is 0 Å². The van der Waals surface area contributed by atoms with Crippen molar-refractivity contribution in [2.75, 3.05) is 0 Å². The zero-order valence-corrected chi connectivity index (χ0v) is 8.42. The van der Waals surface area contributed by atoms with Gasteiger partial charge in [0.25, 0.3) is 0 Å². The summed E-state index contributed by atoms with van der Waals surface area (Å²) in [7, 11) is 0. The molecule has 0 aliphatic heterocycles. The highest BCUT2D eigenvalue weighted by molar-refractivity contribution is 5.72. The van der Waals surface area contributed by atoms with E-state index in [9.17, 15) is 4.79 Å². The molecule has 2 N–H and O–H groups in total. The van der Waals surface area contributed by atoms with Gasteiger partial charge in [-0.15, -0.1) is 0 Å². The smallest absolute Gasteiger partial charge is 0.320 e. The third-order valence-electron chi connectivity index (χ3n) is 2.99. The Morgan fingerprint density at radius 2 is 1.92 bits per heavy atom. The molecule has 0 radical (unpaired) electrons. The first-order valence-electron chi connectivity index (χ1n) is 5.10. The quantitative estimate of drug-likeness (QED) is 0.700. The van der Waals surface area contributed by atoms with Gasteiger partial charge in [-0.2, -0.15) is 0 Å². The molecule has 0 aromatic carbocycles. The molecule has 1 fully saturated rings. The Morgan fingerprint density at radius 3 is 2.38 bits per heavy atom. The first-order valence-corrected chi connectivity index (χ1v) is 5.10. The Hall–Kier alpha value is -0.570. The van der Waals surface area contributed by atoms with Crippen LogP contribution in [0.4, 0.5) is 0 Å². The van der Waals surface area contributed by atoms with Crippen LogP contribution in [0.25, 0.3) is 0 Å². The summed E-state index contributed by atoms with van der Waals surface area (Å²) < 4.78 is 0. The molecule has 0 aromatic rings. The molecule has 0 bridgehead atoms. The number of carboxylic acid groups (broad SMARTS) is 1. The fourth-order valence-corrected chi connectivity index (χ4v) is 2.06. The first kappa shape index (κ1) is 10.5. The SMILES string of the molecule is CC(N[C@H](C)C1CCCC1)C(=O)O. The summed E-state index contributed by atoms with van der Waals surface area (Å²) in [5, 5.41) is 11.8. The van der Waals surface area contributed by atoms with E-state index in [0.29, 0.717) is 12.0 Å². The molecule has 3 heteroatoms. The van der Waals surface area contributed by atoms with Crippen molar-refractivity contribution >= 4 is 5.97 Å². The molecule has 13 heavy (non-hydrogen) atoms. The maximum absolute atomic E-state index is 10.6. The standard InChI is InChI=1S/C10H19NO2/c1-7(9-5-3-4-6-9)11-8(2)10(12)13/h7-9,11H,3-6H2,1-2H3,(H,12,13)/t7-,8?/m1/s1. The molecule has 76 valence electrons. The third kappa shape index (κ3) is 2.99. The van der Waals surface area contributed by atoms with Gasteiger partial charge in [-0.05, 0) is 32.6 Å². The number of carboxylic acids is 1. The number of hydrogen-bond acceptors (Lipinski definition) is 2. The van der Waals surface area contributed by atoms with E-state index in [1.54, 1.807) is 6.92 Å². The van der Waals surface area contributed by atoms with Crippen molar-refractivity contribution in [2.24, 2.45) is 5.92 Å². The lowest BCUT2D eigenvalue weighted by Crippen LogP contribution is -2.42. The lowest BCUT2D eigenvalue weighted by Gasteiger charge is -2.22. The van der Waals surface area contributed by atoms with E-state index < -0.39 is 12.0 Å². The van der Waals surface area contributed by atoms with Crippen LogP contribution in [0, 0.1) is 5.92 Å². The molecule has 0 amide bonds. The fourth-order valence-electron chi connectivity index (χ4n) is 2.06. The molecule has 0 heterocycles. The second kappa shape index (κ2) is 4.61. The predicted molar refractivity (Wildman–Crippen MR) is 51.7 cm³/mol. The summed E-state index contributed by atoms with van der Waals surface area (Å²) in [6.07, 6.45) is 5.11. The summed E-state index contributed by atoms with van der Waals surface area (Å²) in [4.78, 5) is 10.6. The van der Waals surface area contributed by atoms with Gasteiger partial charge in [0, 0.05) is 6.04 Å². The zero-order valence-electron chi connectivity index (χ0n) is 8.42. The van der Waals surface area contributed by atoms with Crippen molar-refractivity contribution < 1.29 is 9.90 Å². The average Bonchev–Trinajstić information content (AvgIpc) is 2.55. The Bertz CT molecular complexity index is 176. The van der Waals surface area contributed by atoms with Gasteiger partial charge in [0.05, 0.1) is 0 Å². The highest BCUT2D eigenvalue weighted by atomic mass is 16.4. The highest BCUT2D eigenvalue weighted by Crippen LogP contribution is 2.27. The molecule has 1 rings (SSSR count). The molecule has 0 spiro atoms. The van der Waals surface area contributed by atoms with Gasteiger partial charge in [-0.1, -0.05) is 12.8 Å². The lowest BCUT2D eigenvalue weighted by atomic mass is 9.99.